The Morgan fingerprint density at radius 2 is 1.92 bits per heavy atom. The van der Waals surface area contributed by atoms with Crippen LogP contribution in [0.2, 0.25) is 0 Å². The molecule has 1 aromatic carbocycles. The van der Waals surface area contributed by atoms with Crippen molar-refractivity contribution in [3.63, 3.8) is 0 Å². The Kier molecular flexibility index (Phi) is 1.77. The van der Waals surface area contributed by atoms with E-state index < -0.39 is 5.75 Å². The molecule has 0 bridgehead atoms. The highest BCUT2D eigenvalue weighted by atomic mass is 16.3. The lowest BCUT2D eigenvalue weighted by molar-refractivity contribution is 0.362. The van der Waals surface area contributed by atoms with E-state index in [0.29, 0.717) is 13.0 Å². The van der Waals surface area contributed by atoms with Gasteiger partial charge in [-0.25, -0.2) is 0 Å². The average molecular weight is 181 g/mol. The summed E-state index contributed by atoms with van der Waals surface area (Å²) in [6, 6.07) is 1.48. The predicted molar refractivity (Wildman–Crippen MR) is 46.8 cm³/mol. The Balaban J connectivity index is 2.60. The number of phenolic OH excluding ortho intramolecular Hbond substituents is 3. The van der Waals surface area contributed by atoms with Crippen LogP contribution in [0.15, 0.2) is 6.07 Å². The van der Waals surface area contributed by atoms with Gasteiger partial charge >= 0.3 is 0 Å². The van der Waals surface area contributed by atoms with Gasteiger partial charge in [0, 0.05) is 12.1 Å². The van der Waals surface area contributed by atoms with Crippen molar-refractivity contribution in [3.8, 4) is 17.2 Å². The van der Waals surface area contributed by atoms with Gasteiger partial charge in [-0.3, -0.25) is 0 Å². The molecule has 1 aliphatic rings. The van der Waals surface area contributed by atoms with Crippen LogP contribution in [0.25, 0.3) is 0 Å². The summed E-state index contributed by atoms with van der Waals surface area (Å²) < 4.78 is 0. The number of hydrogen-bond acceptors (Lipinski definition) is 4. The van der Waals surface area contributed by atoms with Crippen LogP contribution in [0.3, 0.4) is 0 Å². The number of rotatable bonds is 0. The lowest BCUT2D eigenvalue weighted by Crippen LogP contribution is -2.23. The summed E-state index contributed by atoms with van der Waals surface area (Å²) in [7, 11) is 0. The number of aromatic hydroxyl groups is 3. The van der Waals surface area contributed by atoms with E-state index >= 15 is 0 Å². The van der Waals surface area contributed by atoms with Gasteiger partial charge in [0.15, 0.2) is 11.5 Å². The fourth-order valence-electron chi connectivity index (χ4n) is 1.61. The monoisotopic (exact) mass is 181 g/mol. The first kappa shape index (κ1) is 8.19. The van der Waals surface area contributed by atoms with Crippen LogP contribution in [0, 0.1) is 0 Å². The van der Waals surface area contributed by atoms with Gasteiger partial charge in [0.1, 0.15) is 0 Å². The largest absolute Gasteiger partial charge is 0.504 e. The highest BCUT2D eigenvalue weighted by Gasteiger charge is 2.18. The van der Waals surface area contributed by atoms with Gasteiger partial charge in [0.25, 0.3) is 0 Å². The molecule has 0 saturated heterocycles. The van der Waals surface area contributed by atoms with Crippen molar-refractivity contribution in [1.29, 1.82) is 0 Å². The number of hydrogen-bond donors (Lipinski definition) is 4. The Bertz CT molecular complexity index is 349. The van der Waals surface area contributed by atoms with Crippen LogP contribution < -0.4 is 5.32 Å². The zero-order valence-corrected chi connectivity index (χ0v) is 7.04. The SMILES string of the molecule is Oc1cc2c(c(O)c1O)CCNC2. The fraction of sp³-hybridized carbons (Fsp3) is 0.333. The van der Waals surface area contributed by atoms with Crippen molar-refractivity contribution in [3.05, 3.63) is 17.2 Å². The first-order valence-corrected chi connectivity index (χ1v) is 4.16. The molecule has 0 unspecified atom stereocenters. The number of phenols is 3. The quantitative estimate of drug-likeness (QED) is 0.438. The maximum atomic E-state index is 9.49. The molecule has 1 aliphatic heterocycles. The van der Waals surface area contributed by atoms with Crippen LogP contribution in [0.4, 0.5) is 0 Å². The summed E-state index contributed by atoms with van der Waals surface area (Å²) in [6.45, 7) is 1.40. The summed E-state index contributed by atoms with van der Waals surface area (Å²) in [4.78, 5) is 0. The lowest BCUT2D eigenvalue weighted by Gasteiger charge is -2.19. The fourth-order valence-corrected chi connectivity index (χ4v) is 1.61. The van der Waals surface area contributed by atoms with E-state index in [1.165, 1.54) is 6.07 Å². The molecule has 0 aliphatic carbocycles. The molecule has 4 nitrogen and oxygen atoms in total. The molecule has 0 atom stereocenters. The number of nitrogens with one attached hydrogen (secondary N) is 1. The second kappa shape index (κ2) is 2.81. The molecular formula is C9H11NO3. The minimum atomic E-state index is -0.416. The van der Waals surface area contributed by atoms with Gasteiger partial charge in [-0.1, -0.05) is 0 Å². The molecule has 4 N–H and O–H groups in total. The van der Waals surface area contributed by atoms with E-state index in [-0.39, 0.29) is 11.5 Å². The summed E-state index contributed by atoms with van der Waals surface area (Å²) in [5.74, 6) is -0.864. The third-order valence-electron chi connectivity index (χ3n) is 2.32. The van der Waals surface area contributed by atoms with E-state index in [1.807, 2.05) is 0 Å². The zero-order chi connectivity index (χ0) is 9.42. The second-order valence-corrected chi connectivity index (χ2v) is 3.16. The molecule has 70 valence electrons. The highest BCUT2D eigenvalue weighted by molar-refractivity contribution is 5.57. The Hall–Kier alpha value is -1.42. The number of fused-ring (bicyclic) bond motifs is 1. The standard InChI is InChI=1S/C9H11NO3/c11-7-3-5-4-10-2-1-6(5)8(12)9(7)13/h3,10-13H,1-2,4H2. The van der Waals surface area contributed by atoms with Crippen molar-refractivity contribution in [1.82, 2.24) is 5.32 Å². The Morgan fingerprint density at radius 1 is 1.15 bits per heavy atom. The predicted octanol–water partition coefficient (Wildman–Crippen LogP) is 0.449. The third kappa shape index (κ3) is 1.19. The van der Waals surface area contributed by atoms with Gasteiger partial charge in [0.05, 0.1) is 0 Å². The number of benzene rings is 1. The average Bonchev–Trinajstić information content (AvgIpc) is 2.15. The molecule has 0 radical (unpaired) electrons. The lowest BCUT2D eigenvalue weighted by atomic mass is 9.99. The first-order valence-electron chi connectivity index (χ1n) is 4.16. The van der Waals surface area contributed by atoms with Crippen molar-refractivity contribution >= 4 is 0 Å². The smallest absolute Gasteiger partial charge is 0.200 e. The van der Waals surface area contributed by atoms with Crippen LogP contribution in [-0.2, 0) is 13.0 Å². The molecule has 0 amide bonds. The molecule has 0 spiro atoms. The van der Waals surface area contributed by atoms with Crippen molar-refractivity contribution < 1.29 is 15.3 Å². The van der Waals surface area contributed by atoms with E-state index in [9.17, 15) is 15.3 Å². The van der Waals surface area contributed by atoms with E-state index in [4.69, 9.17) is 0 Å². The van der Waals surface area contributed by atoms with Crippen molar-refractivity contribution in [2.24, 2.45) is 0 Å². The normalized spacial score (nSPS) is 15.4. The van der Waals surface area contributed by atoms with Gasteiger partial charge in [0.2, 0.25) is 5.75 Å². The summed E-state index contributed by atoms with van der Waals surface area (Å²) >= 11 is 0. The maximum absolute atomic E-state index is 9.49. The summed E-state index contributed by atoms with van der Waals surface area (Å²) in [5, 5.41) is 31.1. The molecule has 13 heavy (non-hydrogen) atoms. The third-order valence-corrected chi connectivity index (χ3v) is 2.32. The Labute approximate surface area is 75.5 Å². The van der Waals surface area contributed by atoms with Gasteiger partial charge < -0.3 is 20.6 Å². The Morgan fingerprint density at radius 3 is 2.69 bits per heavy atom. The van der Waals surface area contributed by atoms with E-state index in [1.54, 1.807) is 0 Å². The van der Waals surface area contributed by atoms with Crippen LogP contribution in [-0.4, -0.2) is 21.9 Å². The van der Waals surface area contributed by atoms with Gasteiger partial charge in [-0.15, -0.1) is 0 Å². The maximum Gasteiger partial charge on any atom is 0.200 e. The second-order valence-electron chi connectivity index (χ2n) is 3.16. The molecule has 2 rings (SSSR count). The zero-order valence-electron chi connectivity index (χ0n) is 7.04. The molecule has 1 heterocycles. The van der Waals surface area contributed by atoms with Crippen LogP contribution in [0.5, 0.6) is 17.2 Å². The highest BCUT2D eigenvalue weighted by Crippen LogP contribution is 2.40. The summed E-state index contributed by atoms with van der Waals surface area (Å²) in [5.41, 5.74) is 1.58. The minimum Gasteiger partial charge on any atom is -0.504 e. The molecular weight excluding hydrogens is 170 g/mol. The van der Waals surface area contributed by atoms with Crippen molar-refractivity contribution in [2.45, 2.75) is 13.0 Å². The van der Waals surface area contributed by atoms with Crippen LogP contribution in [0.1, 0.15) is 11.1 Å². The molecule has 1 aromatic rings. The van der Waals surface area contributed by atoms with Gasteiger partial charge in [-0.05, 0) is 24.6 Å². The minimum absolute atomic E-state index is 0.184. The van der Waals surface area contributed by atoms with Crippen LogP contribution >= 0.6 is 0 Å². The molecule has 0 saturated carbocycles. The first-order chi connectivity index (χ1) is 6.20. The van der Waals surface area contributed by atoms with E-state index in [0.717, 1.165) is 17.7 Å². The van der Waals surface area contributed by atoms with Crippen molar-refractivity contribution in [2.75, 3.05) is 6.54 Å². The molecule has 4 heteroatoms. The molecule has 0 aromatic heterocycles. The summed E-state index contributed by atoms with van der Waals surface area (Å²) in [6.07, 6.45) is 0.676. The van der Waals surface area contributed by atoms with E-state index in [2.05, 4.69) is 5.32 Å². The van der Waals surface area contributed by atoms with Gasteiger partial charge in [-0.2, -0.15) is 0 Å². The molecule has 0 fully saturated rings. The topological polar surface area (TPSA) is 72.7 Å².